The molecule has 0 aliphatic carbocycles. The summed E-state index contributed by atoms with van der Waals surface area (Å²) >= 11 is 0. The highest BCUT2D eigenvalue weighted by atomic mass is 16.7. The molecule has 0 atom stereocenters. The van der Waals surface area contributed by atoms with Gasteiger partial charge in [-0.2, -0.15) is 0 Å². The number of nitrogens with zero attached hydrogens (tertiary/aromatic N) is 2. The van der Waals surface area contributed by atoms with Gasteiger partial charge in [0.1, 0.15) is 0 Å². The van der Waals surface area contributed by atoms with Crippen molar-refractivity contribution in [2.75, 3.05) is 31.3 Å². The number of rotatable bonds is 2. The molecule has 1 saturated heterocycles. The third-order valence-electron chi connectivity index (χ3n) is 5.29. The van der Waals surface area contributed by atoms with Crippen molar-refractivity contribution in [3.05, 3.63) is 53.6 Å². The number of para-hydroxylation sites is 1. The van der Waals surface area contributed by atoms with Gasteiger partial charge in [-0.05, 0) is 36.2 Å². The number of hydrogen-bond acceptors (Lipinski definition) is 4. The monoisotopic (exact) mass is 350 g/mol. The van der Waals surface area contributed by atoms with E-state index in [4.69, 9.17) is 9.47 Å². The van der Waals surface area contributed by atoms with Gasteiger partial charge in [-0.3, -0.25) is 9.59 Å². The average molecular weight is 350 g/mol. The maximum absolute atomic E-state index is 12.8. The van der Waals surface area contributed by atoms with Gasteiger partial charge in [0.25, 0.3) is 5.91 Å². The summed E-state index contributed by atoms with van der Waals surface area (Å²) in [5, 5.41) is 0. The third-order valence-corrected chi connectivity index (χ3v) is 5.29. The summed E-state index contributed by atoms with van der Waals surface area (Å²) in [6.45, 7) is 1.84. The Balaban J connectivity index is 1.25. The molecule has 0 N–H and O–H groups in total. The van der Waals surface area contributed by atoms with Gasteiger partial charge >= 0.3 is 0 Å². The van der Waals surface area contributed by atoms with E-state index in [1.807, 2.05) is 23.1 Å². The second-order valence-corrected chi connectivity index (χ2v) is 6.84. The normalized spacial score (nSPS) is 17.8. The van der Waals surface area contributed by atoms with Crippen LogP contribution in [-0.4, -0.2) is 43.1 Å². The smallest absolute Gasteiger partial charge is 0.254 e. The first kappa shape index (κ1) is 15.3. The predicted molar refractivity (Wildman–Crippen MR) is 94.5 cm³/mol. The van der Waals surface area contributed by atoms with Crippen molar-refractivity contribution >= 4 is 17.5 Å². The van der Waals surface area contributed by atoms with Crippen LogP contribution in [0.15, 0.2) is 42.5 Å². The average Bonchev–Trinajstić information content (AvgIpc) is 3.26. The van der Waals surface area contributed by atoms with Crippen LogP contribution in [0.4, 0.5) is 5.69 Å². The highest BCUT2D eigenvalue weighted by Crippen LogP contribution is 2.34. The van der Waals surface area contributed by atoms with E-state index in [0.29, 0.717) is 30.2 Å². The quantitative estimate of drug-likeness (QED) is 0.832. The van der Waals surface area contributed by atoms with E-state index in [-0.39, 0.29) is 24.5 Å². The van der Waals surface area contributed by atoms with Crippen LogP contribution >= 0.6 is 0 Å². The standard InChI is InChI=1S/C20H18N2O4/c23-19(14-5-6-17-18(9-14)26-12-25-17)21-10-15(11-21)20(24)22-8-7-13-3-1-2-4-16(13)22/h1-6,9,15H,7-8,10-12H2. The first-order valence-corrected chi connectivity index (χ1v) is 8.79. The fraction of sp³-hybridized carbons (Fsp3) is 0.300. The van der Waals surface area contributed by atoms with Gasteiger partial charge in [-0.25, -0.2) is 0 Å². The molecule has 0 bridgehead atoms. The molecule has 0 aromatic heterocycles. The molecular formula is C20H18N2O4. The number of ether oxygens (including phenoxy) is 2. The maximum Gasteiger partial charge on any atom is 0.254 e. The van der Waals surface area contributed by atoms with Crippen molar-refractivity contribution < 1.29 is 19.1 Å². The van der Waals surface area contributed by atoms with Gasteiger partial charge in [0.2, 0.25) is 12.7 Å². The molecule has 1 fully saturated rings. The molecule has 5 rings (SSSR count). The number of anilines is 1. The molecule has 0 radical (unpaired) electrons. The fourth-order valence-corrected chi connectivity index (χ4v) is 3.80. The zero-order chi connectivity index (χ0) is 17.7. The molecule has 3 aliphatic heterocycles. The van der Waals surface area contributed by atoms with Crippen LogP contribution in [0, 0.1) is 5.92 Å². The Bertz CT molecular complexity index is 904. The van der Waals surface area contributed by atoms with Crippen LogP contribution < -0.4 is 14.4 Å². The van der Waals surface area contributed by atoms with Gasteiger partial charge in [0.05, 0.1) is 5.92 Å². The van der Waals surface area contributed by atoms with Crippen LogP contribution in [0.3, 0.4) is 0 Å². The SMILES string of the molecule is O=C(c1ccc2c(c1)OCO2)N1CC(C(=O)N2CCc3ccccc32)C1. The second-order valence-electron chi connectivity index (χ2n) is 6.84. The molecule has 3 heterocycles. The zero-order valence-electron chi connectivity index (χ0n) is 14.2. The van der Waals surface area contributed by atoms with Gasteiger partial charge < -0.3 is 19.3 Å². The number of amides is 2. The molecule has 2 aromatic carbocycles. The predicted octanol–water partition coefficient (Wildman–Crippen LogP) is 2.08. The number of carbonyl (C=O) groups is 2. The van der Waals surface area contributed by atoms with Gasteiger partial charge in [-0.15, -0.1) is 0 Å². The Hall–Kier alpha value is -3.02. The molecule has 3 aliphatic rings. The number of carbonyl (C=O) groups excluding carboxylic acids is 2. The van der Waals surface area contributed by atoms with E-state index in [2.05, 4.69) is 6.07 Å². The summed E-state index contributed by atoms with van der Waals surface area (Å²) in [5.41, 5.74) is 2.79. The summed E-state index contributed by atoms with van der Waals surface area (Å²) < 4.78 is 10.6. The molecular weight excluding hydrogens is 332 g/mol. The van der Waals surface area contributed by atoms with E-state index in [1.165, 1.54) is 5.56 Å². The Morgan fingerprint density at radius 1 is 1.00 bits per heavy atom. The van der Waals surface area contributed by atoms with Crippen LogP contribution in [0.2, 0.25) is 0 Å². The molecule has 0 unspecified atom stereocenters. The number of hydrogen-bond donors (Lipinski definition) is 0. The topological polar surface area (TPSA) is 59.1 Å². The Morgan fingerprint density at radius 3 is 2.69 bits per heavy atom. The highest BCUT2D eigenvalue weighted by Gasteiger charge is 2.40. The first-order valence-electron chi connectivity index (χ1n) is 8.79. The van der Waals surface area contributed by atoms with E-state index in [0.717, 1.165) is 18.7 Å². The number of fused-ring (bicyclic) bond motifs is 2. The Labute approximate surface area is 150 Å². The molecule has 6 heteroatoms. The van der Waals surface area contributed by atoms with Crippen molar-refractivity contribution in [1.82, 2.24) is 4.90 Å². The lowest BCUT2D eigenvalue weighted by Gasteiger charge is -2.40. The van der Waals surface area contributed by atoms with Gasteiger partial charge in [0, 0.05) is 30.9 Å². The van der Waals surface area contributed by atoms with E-state index >= 15 is 0 Å². The molecule has 0 spiro atoms. The van der Waals surface area contributed by atoms with Crippen LogP contribution in [-0.2, 0) is 11.2 Å². The summed E-state index contributed by atoms with van der Waals surface area (Å²) in [4.78, 5) is 29.0. The minimum absolute atomic E-state index is 0.0748. The minimum atomic E-state index is -0.126. The molecule has 0 saturated carbocycles. The molecule has 2 amide bonds. The van der Waals surface area contributed by atoms with Crippen molar-refractivity contribution in [3.8, 4) is 11.5 Å². The summed E-state index contributed by atoms with van der Waals surface area (Å²) in [7, 11) is 0. The van der Waals surface area contributed by atoms with E-state index < -0.39 is 0 Å². The Kier molecular flexibility index (Phi) is 3.38. The first-order chi connectivity index (χ1) is 12.7. The van der Waals surface area contributed by atoms with Crippen LogP contribution in [0.1, 0.15) is 15.9 Å². The van der Waals surface area contributed by atoms with Crippen LogP contribution in [0.25, 0.3) is 0 Å². The molecule has 6 nitrogen and oxygen atoms in total. The Morgan fingerprint density at radius 2 is 1.81 bits per heavy atom. The van der Waals surface area contributed by atoms with Gasteiger partial charge in [-0.1, -0.05) is 18.2 Å². The van der Waals surface area contributed by atoms with Crippen molar-refractivity contribution in [1.29, 1.82) is 0 Å². The fourth-order valence-electron chi connectivity index (χ4n) is 3.80. The summed E-state index contributed by atoms with van der Waals surface area (Å²) in [5.74, 6) is 1.17. The van der Waals surface area contributed by atoms with Crippen molar-refractivity contribution in [2.45, 2.75) is 6.42 Å². The third kappa shape index (κ3) is 2.33. The highest BCUT2D eigenvalue weighted by molar-refractivity contribution is 6.00. The van der Waals surface area contributed by atoms with Gasteiger partial charge in [0.15, 0.2) is 11.5 Å². The molecule has 2 aromatic rings. The summed E-state index contributed by atoms with van der Waals surface area (Å²) in [6.07, 6.45) is 0.897. The summed E-state index contributed by atoms with van der Waals surface area (Å²) in [6, 6.07) is 13.2. The molecule has 132 valence electrons. The maximum atomic E-state index is 12.8. The molecule has 26 heavy (non-hydrogen) atoms. The van der Waals surface area contributed by atoms with E-state index in [1.54, 1.807) is 23.1 Å². The van der Waals surface area contributed by atoms with E-state index in [9.17, 15) is 9.59 Å². The van der Waals surface area contributed by atoms with Crippen molar-refractivity contribution in [3.63, 3.8) is 0 Å². The lowest BCUT2D eigenvalue weighted by Crippen LogP contribution is -2.56. The lowest BCUT2D eigenvalue weighted by atomic mass is 9.97. The lowest BCUT2D eigenvalue weighted by molar-refractivity contribution is -0.126. The minimum Gasteiger partial charge on any atom is -0.454 e. The largest absolute Gasteiger partial charge is 0.454 e. The second kappa shape index (κ2) is 5.76. The van der Waals surface area contributed by atoms with Crippen LogP contribution in [0.5, 0.6) is 11.5 Å². The van der Waals surface area contributed by atoms with Crippen molar-refractivity contribution in [2.24, 2.45) is 5.92 Å². The zero-order valence-corrected chi connectivity index (χ0v) is 14.2. The number of likely N-dealkylation sites (tertiary alicyclic amines) is 1. The number of benzene rings is 2.